The third kappa shape index (κ3) is 4.57. The largest absolute Gasteiger partial charge is 0.496 e. The first-order valence-corrected chi connectivity index (χ1v) is 15.9. The molecule has 0 fully saturated rings. The summed E-state index contributed by atoms with van der Waals surface area (Å²) >= 11 is 0. The van der Waals surface area contributed by atoms with Gasteiger partial charge in [-0.1, -0.05) is 60.7 Å². The number of hydrogen-bond donors (Lipinski definition) is 2. The third-order valence-corrected chi connectivity index (χ3v) is 9.12. The number of aromatic amines is 2. The molecule has 9 rings (SSSR count). The first-order chi connectivity index (χ1) is 23.7. The van der Waals surface area contributed by atoms with Crippen LogP contribution in [0, 0.1) is 0 Å². The van der Waals surface area contributed by atoms with Crippen molar-refractivity contribution >= 4 is 67.9 Å². The highest BCUT2D eigenvalue weighted by Gasteiger charge is 2.20. The number of methoxy groups -OCH3 is 2. The van der Waals surface area contributed by atoms with Crippen LogP contribution in [0.25, 0.3) is 90.2 Å². The number of benzene rings is 4. The zero-order valence-electron chi connectivity index (χ0n) is 26.4. The maximum Gasteiger partial charge on any atom is 0.127 e. The molecule has 2 aliphatic rings. The summed E-state index contributed by atoms with van der Waals surface area (Å²) in [6.07, 6.45) is 8.28. The Hall–Kier alpha value is -6.40. The molecule has 0 saturated heterocycles. The lowest BCUT2D eigenvalue weighted by atomic mass is 9.96. The van der Waals surface area contributed by atoms with Crippen molar-refractivity contribution < 1.29 is 9.47 Å². The van der Waals surface area contributed by atoms with Crippen LogP contribution in [0.1, 0.15) is 22.8 Å². The van der Waals surface area contributed by atoms with Gasteiger partial charge in [0.25, 0.3) is 0 Å². The summed E-state index contributed by atoms with van der Waals surface area (Å²) in [7, 11) is 3.44. The van der Waals surface area contributed by atoms with Gasteiger partial charge >= 0.3 is 0 Å². The molecule has 0 atom stereocenters. The summed E-state index contributed by atoms with van der Waals surface area (Å²) in [6.45, 7) is 0. The number of H-pyrrole nitrogens is 2. The molecular weight excluding hydrogens is 592 g/mol. The van der Waals surface area contributed by atoms with Crippen LogP contribution in [0.15, 0.2) is 109 Å². The van der Waals surface area contributed by atoms with Crippen molar-refractivity contribution in [2.24, 2.45) is 0 Å². The van der Waals surface area contributed by atoms with Crippen molar-refractivity contribution in [2.75, 3.05) is 14.2 Å². The van der Waals surface area contributed by atoms with E-state index >= 15 is 0 Å². The number of nitrogens with one attached hydrogen (secondary N) is 2. The van der Waals surface area contributed by atoms with Gasteiger partial charge in [0, 0.05) is 44.3 Å². The van der Waals surface area contributed by atoms with Crippen molar-refractivity contribution in [3.63, 3.8) is 0 Å². The van der Waals surface area contributed by atoms with E-state index in [0.29, 0.717) is 0 Å². The third-order valence-electron chi connectivity index (χ3n) is 9.12. The fraction of sp³-hybridized carbons (Fsp3) is 0.0476. The maximum absolute atomic E-state index is 5.97. The van der Waals surface area contributed by atoms with Gasteiger partial charge in [-0.25, -0.2) is 9.97 Å². The monoisotopic (exact) mass is 622 g/mol. The van der Waals surface area contributed by atoms with E-state index in [1.54, 1.807) is 14.2 Å². The second-order valence-electron chi connectivity index (χ2n) is 11.9. The van der Waals surface area contributed by atoms with Crippen molar-refractivity contribution in [2.45, 2.75) is 0 Å². The smallest absolute Gasteiger partial charge is 0.127 e. The topological polar surface area (TPSA) is 75.8 Å². The molecule has 3 aromatic heterocycles. The molecular formula is C42H30N4O2. The van der Waals surface area contributed by atoms with E-state index in [1.807, 2.05) is 12.1 Å². The summed E-state index contributed by atoms with van der Waals surface area (Å²) in [4.78, 5) is 17.7. The van der Waals surface area contributed by atoms with Gasteiger partial charge in [0.2, 0.25) is 0 Å². The molecule has 230 valence electrons. The highest BCUT2D eigenvalue weighted by Crippen LogP contribution is 2.43. The SMILES string of the molecule is COc1ccc2ccccc2c1-c1c2nc(cc3ccc([nH]3)c(-c3c(OC)ccc4ccccc34)c3nc(cc4ccc1[nH]4)C=C3)C=C2. The number of nitrogens with zero attached hydrogens (tertiary/aromatic N) is 2. The molecule has 0 amide bonds. The minimum Gasteiger partial charge on any atom is -0.496 e. The van der Waals surface area contributed by atoms with E-state index in [1.165, 1.54) is 0 Å². The number of rotatable bonds is 4. The van der Waals surface area contributed by atoms with Crippen LogP contribution in [-0.2, 0) is 0 Å². The fourth-order valence-electron chi connectivity index (χ4n) is 6.96. The molecule has 6 nitrogen and oxygen atoms in total. The molecule has 48 heavy (non-hydrogen) atoms. The summed E-state index contributed by atoms with van der Waals surface area (Å²) in [5, 5.41) is 4.45. The van der Waals surface area contributed by atoms with Crippen molar-refractivity contribution in [3.8, 4) is 33.8 Å². The van der Waals surface area contributed by atoms with Crippen molar-refractivity contribution in [1.29, 1.82) is 0 Å². The zero-order chi connectivity index (χ0) is 32.2. The van der Waals surface area contributed by atoms with E-state index < -0.39 is 0 Å². The van der Waals surface area contributed by atoms with Crippen molar-refractivity contribution in [3.05, 3.63) is 132 Å². The van der Waals surface area contributed by atoms with Crippen LogP contribution >= 0.6 is 0 Å². The summed E-state index contributed by atoms with van der Waals surface area (Å²) < 4.78 is 11.9. The van der Waals surface area contributed by atoms with Gasteiger partial charge < -0.3 is 19.4 Å². The van der Waals surface area contributed by atoms with Crippen LogP contribution in [0.2, 0.25) is 0 Å². The standard InChI is InChI=1S/C42H30N4O2/c1-47-37-21-11-25-7-3-5-9-31(25)39(37)41-33-17-13-27(43-33)23-29-15-19-35(45-29)42(36-20-16-30(46-36)24-28-14-18-34(41)44-28)40-32-10-6-4-8-26(32)12-22-38(40)48-2/h3-24,43,46H,1-2H3. The zero-order valence-corrected chi connectivity index (χ0v) is 26.4. The van der Waals surface area contributed by atoms with Crippen LogP contribution in [0.3, 0.4) is 0 Å². The van der Waals surface area contributed by atoms with Crippen LogP contribution in [0.4, 0.5) is 0 Å². The molecule has 4 aromatic carbocycles. The van der Waals surface area contributed by atoms with Crippen LogP contribution in [-0.4, -0.2) is 34.2 Å². The highest BCUT2D eigenvalue weighted by molar-refractivity contribution is 6.07. The predicted octanol–water partition coefficient (Wildman–Crippen LogP) is 10.3. The molecule has 0 unspecified atom stereocenters. The Kier molecular flexibility index (Phi) is 6.47. The van der Waals surface area contributed by atoms with Gasteiger partial charge in [0.05, 0.1) is 37.0 Å². The highest BCUT2D eigenvalue weighted by atomic mass is 16.5. The number of fused-ring (bicyclic) bond motifs is 10. The van der Waals surface area contributed by atoms with Gasteiger partial charge in [-0.15, -0.1) is 0 Å². The molecule has 5 heterocycles. The average molecular weight is 623 g/mol. The maximum atomic E-state index is 5.97. The first kappa shape index (κ1) is 27.9. The molecule has 2 aliphatic heterocycles. The van der Waals surface area contributed by atoms with E-state index in [9.17, 15) is 0 Å². The Morgan fingerprint density at radius 3 is 1.38 bits per heavy atom. The molecule has 0 radical (unpaired) electrons. The predicted molar refractivity (Wildman–Crippen MR) is 198 cm³/mol. The normalized spacial score (nSPS) is 12.2. The fourth-order valence-corrected chi connectivity index (χ4v) is 6.96. The number of hydrogen-bond acceptors (Lipinski definition) is 4. The second kappa shape index (κ2) is 11.1. The van der Waals surface area contributed by atoms with E-state index in [4.69, 9.17) is 19.4 Å². The second-order valence-corrected chi connectivity index (χ2v) is 11.9. The van der Waals surface area contributed by atoms with Gasteiger partial charge in [-0.05, 0) is 94.4 Å². The summed E-state index contributed by atoms with van der Waals surface area (Å²) in [5.74, 6) is 1.57. The van der Waals surface area contributed by atoms with E-state index in [2.05, 4.69) is 131 Å². The lowest BCUT2D eigenvalue weighted by Gasteiger charge is -2.13. The van der Waals surface area contributed by atoms with Gasteiger partial charge in [0.1, 0.15) is 11.5 Å². The Morgan fingerprint density at radius 1 is 0.458 bits per heavy atom. The van der Waals surface area contributed by atoms with E-state index in [-0.39, 0.29) is 0 Å². The molecule has 7 aromatic rings. The van der Waals surface area contributed by atoms with Gasteiger partial charge in [-0.2, -0.15) is 0 Å². The molecule has 0 saturated carbocycles. The Bertz CT molecular complexity index is 2480. The minimum atomic E-state index is 0.787. The first-order valence-electron chi connectivity index (χ1n) is 15.9. The molecule has 8 bridgehead atoms. The molecule has 0 spiro atoms. The Balaban J connectivity index is 1.39. The van der Waals surface area contributed by atoms with Crippen molar-refractivity contribution in [1.82, 2.24) is 19.9 Å². The number of ether oxygens (including phenoxy) is 2. The van der Waals surface area contributed by atoms with Gasteiger partial charge in [0.15, 0.2) is 0 Å². The van der Waals surface area contributed by atoms with Crippen LogP contribution in [0.5, 0.6) is 11.5 Å². The summed E-state index contributed by atoms with van der Waals surface area (Å²) in [6, 6.07) is 37.6. The Labute approximate surface area is 276 Å². The lowest BCUT2D eigenvalue weighted by molar-refractivity contribution is 0.417. The van der Waals surface area contributed by atoms with Crippen LogP contribution < -0.4 is 9.47 Å². The molecule has 0 aliphatic carbocycles. The quantitative estimate of drug-likeness (QED) is 0.205. The molecule has 6 heteroatoms. The van der Waals surface area contributed by atoms with Gasteiger partial charge in [-0.3, -0.25) is 0 Å². The number of aromatic nitrogens is 4. The Morgan fingerprint density at radius 2 is 0.917 bits per heavy atom. The molecule has 2 N–H and O–H groups in total. The minimum absolute atomic E-state index is 0.787. The summed E-state index contributed by atoms with van der Waals surface area (Å²) in [5.41, 5.74) is 11.1. The van der Waals surface area contributed by atoms with E-state index in [0.717, 1.165) is 100 Å². The average Bonchev–Trinajstić information content (AvgIpc) is 3.95. The lowest BCUT2D eigenvalue weighted by Crippen LogP contribution is -1.93.